The number of nitrogens with zero attached hydrogens (tertiary/aromatic N) is 3. The summed E-state index contributed by atoms with van der Waals surface area (Å²) in [5.41, 5.74) is 1.11. The van der Waals surface area contributed by atoms with Crippen molar-refractivity contribution in [2.24, 2.45) is 0 Å². The third-order valence-electron chi connectivity index (χ3n) is 5.45. The number of anilines is 2. The number of thiazole rings is 1. The highest BCUT2D eigenvalue weighted by Crippen LogP contribution is 2.50. The Bertz CT molecular complexity index is 1330. The molecule has 9 heteroatoms. The van der Waals surface area contributed by atoms with Crippen molar-refractivity contribution in [2.75, 3.05) is 10.6 Å². The molecule has 2 N–H and O–H groups in total. The first-order chi connectivity index (χ1) is 14.1. The summed E-state index contributed by atoms with van der Waals surface area (Å²) < 4.78 is 16.2. The molecular formula is C20H12FN5O2S. The zero-order valence-corrected chi connectivity index (χ0v) is 15.6. The first-order valence-electron chi connectivity index (χ1n) is 8.92. The van der Waals surface area contributed by atoms with E-state index in [2.05, 4.69) is 20.7 Å². The Morgan fingerprint density at radius 3 is 2.83 bits per heavy atom. The van der Waals surface area contributed by atoms with Crippen molar-refractivity contribution in [3.05, 3.63) is 65.6 Å². The predicted molar refractivity (Wildman–Crippen MR) is 106 cm³/mol. The third kappa shape index (κ3) is 2.10. The summed E-state index contributed by atoms with van der Waals surface area (Å²) in [7, 11) is 0. The van der Waals surface area contributed by atoms with Gasteiger partial charge >= 0.3 is 0 Å². The number of rotatable bonds is 1. The van der Waals surface area contributed by atoms with E-state index in [-0.39, 0.29) is 18.2 Å². The van der Waals surface area contributed by atoms with E-state index in [1.165, 1.54) is 23.5 Å². The maximum absolute atomic E-state index is 13.7. The maximum atomic E-state index is 13.7. The van der Waals surface area contributed by atoms with Gasteiger partial charge in [0.05, 0.1) is 16.4 Å². The molecule has 29 heavy (non-hydrogen) atoms. The minimum atomic E-state index is -1.24. The largest absolute Gasteiger partial charge is 0.325 e. The Balaban J connectivity index is 1.59. The highest BCUT2D eigenvalue weighted by Gasteiger charge is 2.54. The average molecular weight is 405 g/mol. The van der Waals surface area contributed by atoms with Gasteiger partial charge in [0.2, 0.25) is 16.9 Å². The molecule has 2 aliphatic rings. The van der Waals surface area contributed by atoms with Crippen LogP contribution in [0.3, 0.4) is 0 Å². The van der Waals surface area contributed by atoms with Crippen LogP contribution in [0, 0.1) is 5.82 Å². The van der Waals surface area contributed by atoms with Gasteiger partial charge in [-0.1, -0.05) is 29.5 Å². The van der Waals surface area contributed by atoms with E-state index < -0.39 is 11.2 Å². The molecule has 0 unspecified atom stereocenters. The molecule has 6 rings (SSSR count). The Morgan fingerprint density at radius 1 is 1.10 bits per heavy atom. The van der Waals surface area contributed by atoms with Crippen molar-refractivity contribution in [3.63, 3.8) is 0 Å². The van der Waals surface area contributed by atoms with E-state index in [0.717, 1.165) is 10.2 Å². The monoisotopic (exact) mass is 405 g/mol. The molecule has 2 amide bonds. The molecule has 0 radical (unpaired) electrons. The second kappa shape index (κ2) is 5.48. The molecular weight excluding hydrogens is 393 g/mol. The Kier molecular flexibility index (Phi) is 3.09. The van der Waals surface area contributed by atoms with Crippen LogP contribution < -0.4 is 10.6 Å². The summed E-state index contributed by atoms with van der Waals surface area (Å²) in [6.45, 7) is 0. The first-order valence-corrected chi connectivity index (χ1v) is 9.74. The van der Waals surface area contributed by atoms with E-state index in [4.69, 9.17) is 0 Å². The maximum Gasteiger partial charge on any atom is 0.240 e. The number of aromatic nitrogens is 3. The second-order valence-electron chi connectivity index (χ2n) is 7.06. The van der Waals surface area contributed by atoms with Crippen molar-refractivity contribution >= 4 is 44.9 Å². The molecule has 1 spiro atoms. The molecule has 2 aromatic carbocycles. The quantitative estimate of drug-likeness (QED) is 0.509. The number of fused-ring (bicyclic) bond motifs is 5. The van der Waals surface area contributed by atoms with Gasteiger partial charge < -0.3 is 10.6 Å². The molecule has 4 heterocycles. The number of carbonyl (C=O) groups is 2. The summed E-state index contributed by atoms with van der Waals surface area (Å²) in [4.78, 5) is 30.3. The summed E-state index contributed by atoms with van der Waals surface area (Å²) in [5.74, 6) is -0.717. The fourth-order valence-electron chi connectivity index (χ4n) is 4.18. The number of hydrogen-bond acceptors (Lipinski definition) is 5. The molecule has 1 atom stereocenters. The van der Waals surface area contributed by atoms with E-state index >= 15 is 0 Å². The molecule has 0 fully saturated rings. The fourth-order valence-corrected chi connectivity index (χ4v) is 5.11. The molecule has 0 bridgehead atoms. The Hall–Kier alpha value is -3.59. The molecule has 142 valence electrons. The van der Waals surface area contributed by atoms with Crippen LogP contribution in [-0.4, -0.2) is 26.6 Å². The van der Waals surface area contributed by atoms with E-state index in [9.17, 15) is 14.0 Å². The van der Waals surface area contributed by atoms with Gasteiger partial charge in [-0.3, -0.25) is 9.59 Å². The lowest BCUT2D eigenvalue weighted by atomic mass is 9.72. The number of benzene rings is 2. The van der Waals surface area contributed by atoms with E-state index in [1.807, 2.05) is 24.3 Å². The summed E-state index contributed by atoms with van der Waals surface area (Å²) >= 11 is 1.44. The van der Waals surface area contributed by atoms with Crippen molar-refractivity contribution < 1.29 is 14.0 Å². The SMILES string of the molecule is O=C1C[C@@]2(C(=O)Nc3cc(F)ccc32)c2cnn(-c3nc4ccccc4s3)c2N1. The predicted octanol–water partition coefficient (Wildman–Crippen LogP) is 3.20. The van der Waals surface area contributed by atoms with Crippen LogP contribution in [0.25, 0.3) is 15.3 Å². The summed E-state index contributed by atoms with van der Waals surface area (Å²) in [6, 6.07) is 11.8. The third-order valence-corrected chi connectivity index (χ3v) is 6.47. The molecule has 0 saturated carbocycles. The number of para-hydroxylation sites is 1. The van der Waals surface area contributed by atoms with Gasteiger partial charge in [-0.05, 0) is 29.8 Å². The highest BCUT2D eigenvalue weighted by molar-refractivity contribution is 7.20. The summed E-state index contributed by atoms with van der Waals surface area (Å²) in [6.07, 6.45) is 1.51. The standard InChI is InChI=1S/C20H12FN5O2S/c21-10-5-6-11-14(7-10)23-18(28)20(11)8-16(27)25-17-12(20)9-22-26(17)19-24-13-3-1-2-4-15(13)29-19/h1-7,9H,8H2,(H,23,28)(H,25,27)/t20-/m0/s1. The van der Waals surface area contributed by atoms with E-state index in [1.54, 1.807) is 16.9 Å². The lowest BCUT2D eigenvalue weighted by molar-refractivity contribution is -0.125. The molecule has 7 nitrogen and oxygen atoms in total. The van der Waals surface area contributed by atoms with Crippen LogP contribution in [0.5, 0.6) is 0 Å². The zero-order valence-electron chi connectivity index (χ0n) is 14.8. The molecule has 2 aliphatic heterocycles. The topological polar surface area (TPSA) is 88.9 Å². The molecule has 2 aromatic heterocycles. The number of nitrogens with one attached hydrogen (secondary N) is 2. The van der Waals surface area contributed by atoms with Gasteiger partial charge in [-0.25, -0.2) is 9.37 Å². The van der Waals surface area contributed by atoms with Crippen LogP contribution >= 0.6 is 11.3 Å². The fraction of sp³-hybridized carbons (Fsp3) is 0.100. The number of halogens is 1. The Labute approximate surface area is 167 Å². The van der Waals surface area contributed by atoms with Crippen molar-refractivity contribution in [2.45, 2.75) is 11.8 Å². The van der Waals surface area contributed by atoms with Crippen LogP contribution in [0.4, 0.5) is 15.9 Å². The normalized spacial score (nSPS) is 19.9. The van der Waals surface area contributed by atoms with Crippen molar-refractivity contribution in [1.29, 1.82) is 0 Å². The summed E-state index contributed by atoms with van der Waals surface area (Å²) in [5, 5.41) is 10.6. The van der Waals surface area contributed by atoms with E-state index in [0.29, 0.717) is 27.8 Å². The number of amides is 2. The molecule has 0 saturated heterocycles. The Morgan fingerprint density at radius 2 is 1.97 bits per heavy atom. The lowest BCUT2D eigenvalue weighted by Crippen LogP contribution is -2.43. The smallest absolute Gasteiger partial charge is 0.240 e. The highest BCUT2D eigenvalue weighted by atomic mass is 32.1. The number of carbonyl (C=O) groups excluding carboxylic acids is 2. The average Bonchev–Trinajstić information content (AvgIpc) is 3.36. The van der Waals surface area contributed by atoms with Gasteiger partial charge in [0, 0.05) is 17.7 Å². The molecule has 0 aliphatic carbocycles. The minimum absolute atomic E-state index is 0.0734. The van der Waals surface area contributed by atoms with Crippen LogP contribution in [-0.2, 0) is 15.0 Å². The van der Waals surface area contributed by atoms with Crippen molar-refractivity contribution in [3.8, 4) is 5.13 Å². The molecule has 4 aromatic rings. The van der Waals surface area contributed by atoms with Crippen LogP contribution in [0.1, 0.15) is 17.5 Å². The van der Waals surface area contributed by atoms with Crippen molar-refractivity contribution in [1.82, 2.24) is 14.8 Å². The first kappa shape index (κ1) is 16.4. The second-order valence-corrected chi connectivity index (χ2v) is 8.07. The van der Waals surface area contributed by atoms with Gasteiger partial charge in [-0.2, -0.15) is 9.78 Å². The van der Waals surface area contributed by atoms with Gasteiger partial charge in [0.25, 0.3) is 0 Å². The van der Waals surface area contributed by atoms with Gasteiger partial charge in [-0.15, -0.1) is 0 Å². The van der Waals surface area contributed by atoms with Crippen LogP contribution in [0.2, 0.25) is 0 Å². The minimum Gasteiger partial charge on any atom is -0.325 e. The number of hydrogen-bond donors (Lipinski definition) is 2. The van der Waals surface area contributed by atoms with Crippen LogP contribution in [0.15, 0.2) is 48.7 Å². The van der Waals surface area contributed by atoms with Gasteiger partial charge in [0.15, 0.2) is 0 Å². The lowest BCUT2D eigenvalue weighted by Gasteiger charge is -2.31. The van der Waals surface area contributed by atoms with Gasteiger partial charge in [0.1, 0.15) is 17.1 Å². The zero-order chi connectivity index (χ0) is 19.8.